The highest BCUT2D eigenvalue weighted by molar-refractivity contribution is 7.99. The quantitative estimate of drug-likeness (QED) is 0.0420. The number of thioether (sulfide) groups is 1. The Labute approximate surface area is 354 Å². The lowest BCUT2D eigenvalue weighted by atomic mass is 9.55. The van der Waals surface area contributed by atoms with Gasteiger partial charge >= 0.3 is 0 Å². The molecule has 3 aliphatic rings. The van der Waals surface area contributed by atoms with Crippen LogP contribution < -0.4 is 14.2 Å². The molecule has 0 radical (unpaired) electrons. The van der Waals surface area contributed by atoms with Crippen LogP contribution in [0.1, 0.15) is 75.3 Å². The fourth-order valence-electron chi connectivity index (χ4n) is 9.44. The number of fused-ring (bicyclic) bond motifs is 2. The van der Waals surface area contributed by atoms with Crippen LogP contribution in [0.25, 0.3) is 0 Å². The molecule has 1 aliphatic heterocycles. The standard InChI is InChI=1S/C48H62N2O8S/c1-5-23-50(45(53)30-34-15-14-17-36(29-34)54-3)44-33-42(49-55-4)40-31-35(16-10-12-24-51)39(20-11-13-25-52)46-41-32-37(56-27-28-59-38-18-8-7-9-19-38)21-22-43(41)58-48(44,47(40)46)57-26-6-2/h6-9,14-15,17-19,21-22,29,31-32,35,39,44,46-47,51-52H,2,5,10-13,16,20,23-28,30,33H2,1,3-4H3. The van der Waals surface area contributed by atoms with E-state index in [1.165, 1.54) is 4.90 Å². The topological polar surface area (TPSA) is 119 Å². The van der Waals surface area contributed by atoms with Crippen molar-refractivity contribution in [1.29, 1.82) is 0 Å². The summed E-state index contributed by atoms with van der Waals surface area (Å²) >= 11 is 1.76. The number of allylic oxidation sites excluding steroid dienone is 1. The molecule has 2 N–H and O–H groups in total. The summed E-state index contributed by atoms with van der Waals surface area (Å²) in [6.45, 7) is 7.60. The molecular formula is C48H62N2O8S. The first kappa shape index (κ1) is 44.3. The molecule has 0 spiro atoms. The molecular weight excluding hydrogens is 765 g/mol. The molecule has 6 atom stereocenters. The number of ether oxygens (including phenoxy) is 4. The van der Waals surface area contributed by atoms with Gasteiger partial charge in [0.2, 0.25) is 11.7 Å². The van der Waals surface area contributed by atoms with Crippen LogP contribution in [-0.2, 0) is 20.8 Å². The Morgan fingerprint density at radius 1 is 1.00 bits per heavy atom. The maximum atomic E-state index is 14.8. The minimum Gasteiger partial charge on any atom is -0.497 e. The molecule has 6 unspecified atom stereocenters. The maximum absolute atomic E-state index is 14.8. The highest BCUT2D eigenvalue weighted by atomic mass is 32.2. The summed E-state index contributed by atoms with van der Waals surface area (Å²) in [6.07, 6.45) is 10.2. The van der Waals surface area contributed by atoms with Crippen molar-refractivity contribution in [3.8, 4) is 17.2 Å². The number of hydrogen-bond acceptors (Lipinski definition) is 10. The van der Waals surface area contributed by atoms with Crippen LogP contribution in [0.4, 0.5) is 0 Å². The largest absolute Gasteiger partial charge is 0.497 e. The Bertz CT molecular complexity index is 1890. The van der Waals surface area contributed by atoms with Crippen molar-refractivity contribution >= 4 is 23.4 Å². The van der Waals surface area contributed by atoms with Gasteiger partial charge in [0.25, 0.3) is 0 Å². The van der Waals surface area contributed by atoms with Crippen LogP contribution >= 0.6 is 11.8 Å². The molecule has 318 valence electrons. The highest BCUT2D eigenvalue weighted by Crippen LogP contribution is 2.62. The van der Waals surface area contributed by atoms with E-state index in [9.17, 15) is 15.0 Å². The van der Waals surface area contributed by atoms with E-state index in [4.69, 9.17) is 28.9 Å². The molecule has 11 heteroatoms. The molecule has 1 saturated carbocycles. The molecule has 1 fully saturated rings. The van der Waals surface area contributed by atoms with Crippen molar-refractivity contribution in [3.63, 3.8) is 0 Å². The summed E-state index contributed by atoms with van der Waals surface area (Å²) in [4.78, 5) is 23.5. The minimum absolute atomic E-state index is 0.0452. The van der Waals surface area contributed by atoms with Gasteiger partial charge in [-0.05, 0) is 97.5 Å². The molecule has 1 heterocycles. The number of unbranched alkanes of at least 4 members (excludes halogenated alkanes) is 2. The first-order chi connectivity index (χ1) is 28.9. The van der Waals surface area contributed by atoms with Crippen LogP contribution in [-0.4, -0.2) is 91.5 Å². The predicted octanol–water partition coefficient (Wildman–Crippen LogP) is 8.61. The van der Waals surface area contributed by atoms with Gasteiger partial charge in [-0.1, -0.05) is 67.4 Å². The lowest BCUT2D eigenvalue weighted by Crippen LogP contribution is -2.70. The second kappa shape index (κ2) is 21.8. The van der Waals surface area contributed by atoms with Crippen molar-refractivity contribution in [1.82, 2.24) is 4.90 Å². The number of carbonyl (C=O) groups excluding carboxylic acids is 1. The smallest absolute Gasteiger partial charge is 0.239 e. The van der Waals surface area contributed by atoms with Gasteiger partial charge in [0.15, 0.2) is 0 Å². The second-order valence-electron chi connectivity index (χ2n) is 15.6. The lowest BCUT2D eigenvalue weighted by molar-refractivity contribution is -0.257. The van der Waals surface area contributed by atoms with E-state index >= 15 is 0 Å². The third-order valence-corrected chi connectivity index (χ3v) is 12.8. The van der Waals surface area contributed by atoms with Gasteiger partial charge in [0.1, 0.15) is 30.4 Å². The number of aliphatic hydroxyl groups is 2. The molecule has 59 heavy (non-hydrogen) atoms. The summed E-state index contributed by atoms with van der Waals surface area (Å²) in [6, 6.07) is 23.5. The molecule has 1 amide bonds. The van der Waals surface area contributed by atoms with E-state index in [-0.39, 0.29) is 55.8 Å². The van der Waals surface area contributed by atoms with Gasteiger partial charge < -0.3 is 38.9 Å². The van der Waals surface area contributed by atoms with E-state index in [1.54, 1.807) is 32.1 Å². The third kappa shape index (κ3) is 10.4. The Morgan fingerprint density at radius 2 is 1.80 bits per heavy atom. The number of rotatable bonds is 23. The van der Waals surface area contributed by atoms with Crippen molar-refractivity contribution in [2.24, 2.45) is 22.9 Å². The number of aliphatic hydroxyl groups excluding tert-OH is 2. The summed E-state index contributed by atoms with van der Waals surface area (Å²) < 4.78 is 26.4. The van der Waals surface area contributed by atoms with Gasteiger partial charge in [-0.2, -0.15) is 0 Å². The normalized spacial score (nSPS) is 23.6. The number of methoxy groups -OCH3 is 1. The molecule has 0 saturated heterocycles. The van der Waals surface area contributed by atoms with Crippen LogP contribution in [0.5, 0.6) is 17.2 Å². The zero-order valence-electron chi connectivity index (χ0n) is 34.9. The van der Waals surface area contributed by atoms with Gasteiger partial charge in [-0.3, -0.25) is 4.79 Å². The van der Waals surface area contributed by atoms with E-state index in [0.717, 1.165) is 66.0 Å². The monoisotopic (exact) mass is 826 g/mol. The molecule has 2 aliphatic carbocycles. The number of oxime groups is 1. The number of carbonyl (C=O) groups is 1. The van der Waals surface area contributed by atoms with Gasteiger partial charge in [-0.15, -0.1) is 18.3 Å². The summed E-state index contributed by atoms with van der Waals surface area (Å²) in [5, 5.41) is 24.5. The minimum atomic E-state index is -1.30. The average molecular weight is 827 g/mol. The second-order valence-corrected chi connectivity index (χ2v) is 16.7. The molecule has 3 aromatic rings. The predicted molar refractivity (Wildman–Crippen MR) is 233 cm³/mol. The number of hydrogen-bond donors (Lipinski definition) is 2. The number of amides is 1. The van der Waals surface area contributed by atoms with Crippen molar-refractivity contribution in [2.45, 2.75) is 87.4 Å². The summed E-state index contributed by atoms with van der Waals surface area (Å²) in [7, 11) is 3.20. The SMILES string of the molecule is C=CCOC12Oc3ccc(OCCSc4ccccc4)cc3C3C(CCCCO)C(CCCCO)C=C(C(=NOC)CC1N(CCC)C(=O)Cc1cccc(OC)c1)C32. The van der Waals surface area contributed by atoms with Gasteiger partial charge in [0.05, 0.1) is 38.4 Å². The zero-order valence-corrected chi connectivity index (χ0v) is 35.7. The molecule has 10 nitrogen and oxygen atoms in total. The summed E-state index contributed by atoms with van der Waals surface area (Å²) in [5.41, 5.74) is 3.68. The average Bonchev–Trinajstić information content (AvgIpc) is 3.25. The first-order valence-electron chi connectivity index (χ1n) is 21.3. The number of benzene rings is 3. The zero-order chi connectivity index (χ0) is 41.6. The van der Waals surface area contributed by atoms with Gasteiger partial charge in [-0.25, -0.2) is 0 Å². The Balaban J connectivity index is 1.48. The van der Waals surface area contributed by atoms with Crippen LogP contribution in [0.2, 0.25) is 0 Å². The van der Waals surface area contributed by atoms with Crippen LogP contribution in [0.3, 0.4) is 0 Å². The Hall–Kier alpha value is -4.29. The van der Waals surface area contributed by atoms with Crippen molar-refractivity contribution < 1.29 is 38.8 Å². The van der Waals surface area contributed by atoms with Crippen LogP contribution in [0.15, 0.2) is 107 Å². The number of nitrogens with zero attached hydrogens (tertiary/aromatic N) is 2. The van der Waals surface area contributed by atoms with Crippen LogP contribution in [0, 0.1) is 17.8 Å². The lowest BCUT2D eigenvalue weighted by Gasteiger charge is -2.60. The molecule has 0 bridgehead atoms. The van der Waals surface area contributed by atoms with E-state index < -0.39 is 11.8 Å². The van der Waals surface area contributed by atoms with Gasteiger partial charge in [0, 0.05) is 48.3 Å². The van der Waals surface area contributed by atoms with E-state index in [1.807, 2.05) is 59.5 Å². The van der Waals surface area contributed by atoms with Crippen molar-refractivity contribution in [3.05, 3.63) is 108 Å². The third-order valence-electron chi connectivity index (χ3n) is 11.9. The van der Waals surface area contributed by atoms with E-state index in [2.05, 4.69) is 37.8 Å². The molecule has 6 rings (SSSR count). The van der Waals surface area contributed by atoms with Crippen molar-refractivity contribution in [2.75, 3.05) is 52.9 Å². The fourth-order valence-corrected chi connectivity index (χ4v) is 10.2. The Morgan fingerprint density at radius 3 is 2.53 bits per heavy atom. The molecule has 0 aromatic heterocycles. The fraction of sp³-hybridized carbons (Fsp3) is 0.500. The van der Waals surface area contributed by atoms with E-state index in [0.29, 0.717) is 43.9 Å². The Kier molecular flexibility index (Phi) is 16.4. The maximum Gasteiger partial charge on any atom is 0.239 e. The highest BCUT2D eigenvalue weighted by Gasteiger charge is 2.65. The summed E-state index contributed by atoms with van der Waals surface area (Å²) in [5.74, 6) is 1.39. The first-order valence-corrected chi connectivity index (χ1v) is 22.2. The molecule has 3 aromatic carbocycles.